The largest absolute Gasteiger partial charge is 0.478 e. The van der Waals surface area contributed by atoms with Crippen molar-refractivity contribution in [3.63, 3.8) is 0 Å². The van der Waals surface area contributed by atoms with Crippen LogP contribution in [0.15, 0.2) is 42.5 Å². The number of aryl methyl sites for hydroxylation is 1. The fourth-order valence-electron chi connectivity index (χ4n) is 3.98. The first-order chi connectivity index (χ1) is 14.3. The second-order valence-electron chi connectivity index (χ2n) is 8.02. The maximum Gasteiger partial charge on any atom is 0.337 e. The molecule has 5 heteroatoms. The van der Waals surface area contributed by atoms with Gasteiger partial charge in [-0.1, -0.05) is 50.2 Å². The van der Waals surface area contributed by atoms with Crippen molar-refractivity contribution >= 4 is 29.2 Å². The van der Waals surface area contributed by atoms with Gasteiger partial charge in [0.1, 0.15) is 0 Å². The number of anilines is 1. The Bertz CT molecular complexity index is 1220. The van der Waals surface area contributed by atoms with E-state index in [9.17, 15) is 14.7 Å². The Morgan fingerprint density at radius 3 is 2.47 bits per heavy atom. The number of carboxylic acids is 1. The van der Waals surface area contributed by atoms with Gasteiger partial charge in [0.2, 0.25) is 0 Å². The van der Waals surface area contributed by atoms with Crippen LogP contribution in [-0.4, -0.2) is 22.0 Å². The summed E-state index contributed by atoms with van der Waals surface area (Å²) in [5.74, 6) is -0.728. The molecule has 0 saturated heterocycles. The van der Waals surface area contributed by atoms with Gasteiger partial charge in [0.15, 0.2) is 0 Å². The Labute approximate surface area is 175 Å². The summed E-state index contributed by atoms with van der Waals surface area (Å²) in [6, 6.07) is 14.4. The van der Waals surface area contributed by atoms with E-state index in [2.05, 4.69) is 48.4 Å². The number of H-pyrrole nitrogens is 1. The zero-order valence-corrected chi connectivity index (χ0v) is 17.5. The molecular formula is C25H24N2O3. The summed E-state index contributed by atoms with van der Waals surface area (Å²) in [6.45, 7) is 7.80. The molecule has 4 rings (SSSR count). The molecule has 0 fully saturated rings. The van der Waals surface area contributed by atoms with E-state index in [4.69, 9.17) is 0 Å². The molecule has 2 aromatic carbocycles. The van der Waals surface area contributed by atoms with Crippen molar-refractivity contribution in [2.24, 2.45) is 0 Å². The minimum Gasteiger partial charge on any atom is -0.478 e. The van der Waals surface area contributed by atoms with Crippen molar-refractivity contribution in [3.05, 3.63) is 76.1 Å². The monoisotopic (exact) mass is 400 g/mol. The summed E-state index contributed by atoms with van der Waals surface area (Å²) >= 11 is 0. The molecule has 1 aromatic heterocycles. The molecule has 0 aliphatic carbocycles. The molecule has 0 spiro atoms. The van der Waals surface area contributed by atoms with Crippen molar-refractivity contribution < 1.29 is 14.7 Å². The number of rotatable bonds is 4. The Morgan fingerprint density at radius 2 is 1.80 bits per heavy atom. The number of hydrogen-bond donors (Lipinski definition) is 3. The van der Waals surface area contributed by atoms with Gasteiger partial charge in [-0.05, 0) is 54.2 Å². The van der Waals surface area contributed by atoms with Crippen LogP contribution in [0, 0.1) is 13.8 Å². The number of carbonyl (C=O) groups is 2. The quantitative estimate of drug-likeness (QED) is 0.498. The SMILES string of the molecule is Cc1[nH]c(C=C2C(=O)Nc3cc(-c4cccc(C(C)C)c4)ccc32)c(C)c1C(=O)O. The fourth-order valence-corrected chi connectivity index (χ4v) is 3.98. The number of benzene rings is 2. The maximum absolute atomic E-state index is 12.7. The molecule has 2 heterocycles. The van der Waals surface area contributed by atoms with Crippen molar-refractivity contribution in [1.29, 1.82) is 0 Å². The molecule has 5 nitrogen and oxygen atoms in total. The molecule has 0 unspecified atom stereocenters. The van der Waals surface area contributed by atoms with E-state index in [0.29, 0.717) is 28.4 Å². The molecule has 3 N–H and O–H groups in total. The van der Waals surface area contributed by atoms with Crippen LogP contribution < -0.4 is 5.32 Å². The molecule has 0 radical (unpaired) electrons. The molecule has 1 amide bonds. The molecular weight excluding hydrogens is 376 g/mol. The molecule has 30 heavy (non-hydrogen) atoms. The van der Waals surface area contributed by atoms with Gasteiger partial charge in [-0.25, -0.2) is 4.79 Å². The van der Waals surface area contributed by atoms with E-state index in [0.717, 1.165) is 22.4 Å². The maximum atomic E-state index is 12.7. The Hall–Kier alpha value is -3.60. The number of nitrogens with one attached hydrogen (secondary N) is 2. The lowest BCUT2D eigenvalue weighted by molar-refractivity contribution is -0.110. The fraction of sp³-hybridized carbons (Fsp3) is 0.200. The average Bonchev–Trinajstić information content (AvgIpc) is 3.16. The van der Waals surface area contributed by atoms with Crippen molar-refractivity contribution in [2.75, 3.05) is 5.32 Å². The molecule has 152 valence electrons. The second kappa shape index (κ2) is 7.34. The Kier molecular flexibility index (Phi) is 4.82. The lowest BCUT2D eigenvalue weighted by atomic mass is 9.95. The van der Waals surface area contributed by atoms with E-state index in [1.165, 1.54) is 5.56 Å². The zero-order valence-electron chi connectivity index (χ0n) is 17.5. The number of aromatic amines is 1. The number of carboxylic acid groups (broad SMARTS) is 1. The molecule has 0 bridgehead atoms. The molecule has 0 saturated carbocycles. The summed E-state index contributed by atoms with van der Waals surface area (Å²) in [6.07, 6.45) is 1.73. The zero-order chi connectivity index (χ0) is 21.6. The molecule has 1 aliphatic rings. The van der Waals surface area contributed by atoms with Gasteiger partial charge in [-0.3, -0.25) is 4.79 Å². The van der Waals surface area contributed by atoms with E-state index in [-0.39, 0.29) is 11.5 Å². The van der Waals surface area contributed by atoms with Crippen LogP contribution in [0.4, 0.5) is 5.69 Å². The highest BCUT2D eigenvalue weighted by Gasteiger charge is 2.26. The van der Waals surface area contributed by atoms with Gasteiger partial charge < -0.3 is 15.4 Å². The van der Waals surface area contributed by atoms with Gasteiger partial charge >= 0.3 is 5.97 Å². The van der Waals surface area contributed by atoms with Gasteiger partial charge in [0, 0.05) is 22.6 Å². The topological polar surface area (TPSA) is 82.2 Å². The summed E-state index contributed by atoms with van der Waals surface area (Å²) in [4.78, 5) is 27.2. The van der Waals surface area contributed by atoms with E-state index >= 15 is 0 Å². The van der Waals surface area contributed by atoms with E-state index in [1.807, 2.05) is 18.2 Å². The lowest BCUT2D eigenvalue weighted by Crippen LogP contribution is -2.03. The third kappa shape index (κ3) is 3.32. The van der Waals surface area contributed by atoms with Gasteiger partial charge in [-0.2, -0.15) is 0 Å². The first kappa shape index (κ1) is 19.7. The van der Waals surface area contributed by atoms with Crippen molar-refractivity contribution in [1.82, 2.24) is 4.98 Å². The van der Waals surface area contributed by atoms with Crippen LogP contribution in [0.2, 0.25) is 0 Å². The lowest BCUT2D eigenvalue weighted by Gasteiger charge is -2.09. The smallest absolute Gasteiger partial charge is 0.337 e. The Balaban J connectivity index is 1.75. The first-order valence-corrected chi connectivity index (χ1v) is 9.96. The normalized spacial score (nSPS) is 14.3. The predicted molar refractivity (Wildman–Crippen MR) is 120 cm³/mol. The second-order valence-corrected chi connectivity index (χ2v) is 8.02. The van der Waals surface area contributed by atoms with Crippen LogP contribution in [0.1, 0.15) is 58.2 Å². The van der Waals surface area contributed by atoms with Gasteiger partial charge in [0.25, 0.3) is 5.91 Å². The average molecular weight is 400 g/mol. The summed E-state index contributed by atoms with van der Waals surface area (Å²) in [5, 5.41) is 12.3. The van der Waals surface area contributed by atoms with Crippen LogP contribution in [-0.2, 0) is 4.79 Å². The summed E-state index contributed by atoms with van der Waals surface area (Å²) in [5.41, 5.74) is 7.60. The number of amides is 1. The van der Waals surface area contributed by atoms with Crippen LogP contribution in [0.3, 0.4) is 0 Å². The highest BCUT2D eigenvalue weighted by atomic mass is 16.4. The number of fused-ring (bicyclic) bond motifs is 1. The van der Waals surface area contributed by atoms with E-state index < -0.39 is 5.97 Å². The molecule has 0 atom stereocenters. The van der Waals surface area contributed by atoms with E-state index in [1.54, 1.807) is 19.9 Å². The highest BCUT2D eigenvalue weighted by molar-refractivity contribution is 6.35. The highest BCUT2D eigenvalue weighted by Crippen LogP contribution is 2.37. The summed E-state index contributed by atoms with van der Waals surface area (Å²) < 4.78 is 0. The van der Waals surface area contributed by atoms with Crippen LogP contribution in [0.5, 0.6) is 0 Å². The number of aromatic nitrogens is 1. The number of aromatic carboxylic acids is 1. The molecule has 1 aliphatic heterocycles. The van der Waals surface area contributed by atoms with Crippen LogP contribution >= 0.6 is 0 Å². The minimum absolute atomic E-state index is 0.193. The number of hydrogen-bond acceptors (Lipinski definition) is 2. The first-order valence-electron chi connectivity index (χ1n) is 9.96. The minimum atomic E-state index is -0.976. The van der Waals surface area contributed by atoms with Gasteiger partial charge in [0.05, 0.1) is 11.1 Å². The third-order valence-corrected chi connectivity index (χ3v) is 5.67. The van der Waals surface area contributed by atoms with Crippen molar-refractivity contribution in [2.45, 2.75) is 33.6 Å². The van der Waals surface area contributed by atoms with Gasteiger partial charge in [-0.15, -0.1) is 0 Å². The standard InChI is InChI=1S/C25H24N2O3/c1-13(2)16-6-5-7-17(10-16)18-8-9-19-20(24(28)27-22(19)11-18)12-21-14(3)23(25(29)30)15(4)26-21/h5-13,26H,1-4H3,(H,27,28)(H,29,30). The number of carbonyl (C=O) groups excluding carboxylic acids is 1. The third-order valence-electron chi connectivity index (χ3n) is 5.67. The summed E-state index contributed by atoms with van der Waals surface area (Å²) in [7, 11) is 0. The molecule has 3 aromatic rings. The van der Waals surface area contributed by atoms with Crippen LogP contribution in [0.25, 0.3) is 22.8 Å². The van der Waals surface area contributed by atoms with Crippen molar-refractivity contribution in [3.8, 4) is 11.1 Å². The predicted octanol–water partition coefficient (Wildman–Crippen LogP) is 5.61. The Morgan fingerprint density at radius 1 is 1.07 bits per heavy atom.